The molecule has 0 aliphatic heterocycles. The maximum absolute atomic E-state index is 11.7. The summed E-state index contributed by atoms with van der Waals surface area (Å²) in [6.45, 7) is 0.953. The molecule has 0 spiro atoms. The molecule has 0 radical (unpaired) electrons. The first kappa shape index (κ1) is 15.3. The van der Waals surface area contributed by atoms with Crippen LogP contribution in [0.5, 0.6) is 0 Å². The maximum atomic E-state index is 11.7. The number of carbonyl (C=O) groups is 2. The molecule has 1 aliphatic rings. The molecule has 0 atom stereocenters. The van der Waals surface area contributed by atoms with Crippen molar-refractivity contribution in [1.82, 2.24) is 20.4 Å². The predicted molar refractivity (Wildman–Crippen MR) is 76.9 cm³/mol. The van der Waals surface area contributed by atoms with Crippen molar-refractivity contribution in [3.05, 3.63) is 18.0 Å². The highest BCUT2D eigenvalue weighted by molar-refractivity contribution is 5.74. The molecule has 7 nitrogen and oxygen atoms in total. The van der Waals surface area contributed by atoms with Crippen LogP contribution in [0, 0.1) is 5.41 Å². The van der Waals surface area contributed by atoms with Gasteiger partial charge in [0, 0.05) is 38.4 Å². The molecular formula is C14H22N4O3. The number of amides is 2. The van der Waals surface area contributed by atoms with Crippen LogP contribution in [0.1, 0.15) is 31.4 Å². The third-order valence-electron chi connectivity index (χ3n) is 4.15. The Morgan fingerprint density at radius 3 is 2.71 bits per heavy atom. The van der Waals surface area contributed by atoms with Crippen LogP contribution >= 0.6 is 0 Å². The number of aliphatic carboxylic acids is 1. The van der Waals surface area contributed by atoms with Gasteiger partial charge in [0.05, 0.1) is 6.42 Å². The monoisotopic (exact) mass is 294 g/mol. The van der Waals surface area contributed by atoms with Crippen molar-refractivity contribution in [2.45, 2.75) is 32.1 Å². The number of aryl methyl sites for hydroxylation is 1. The molecule has 0 aromatic carbocycles. The Kier molecular flexibility index (Phi) is 4.82. The van der Waals surface area contributed by atoms with E-state index < -0.39 is 5.97 Å². The molecule has 21 heavy (non-hydrogen) atoms. The zero-order valence-corrected chi connectivity index (χ0v) is 12.3. The summed E-state index contributed by atoms with van der Waals surface area (Å²) < 4.78 is 1.77. The van der Waals surface area contributed by atoms with Crippen molar-refractivity contribution in [3.63, 3.8) is 0 Å². The second-order valence-electron chi connectivity index (χ2n) is 5.73. The van der Waals surface area contributed by atoms with Crippen LogP contribution in [-0.2, 0) is 18.3 Å². The van der Waals surface area contributed by atoms with Gasteiger partial charge < -0.3 is 15.7 Å². The van der Waals surface area contributed by atoms with Crippen LogP contribution in [0.2, 0.25) is 0 Å². The predicted octanol–water partition coefficient (Wildman–Crippen LogP) is 0.907. The van der Waals surface area contributed by atoms with Crippen LogP contribution in [0.4, 0.5) is 4.79 Å². The first-order valence-corrected chi connectivity index (χ1v) is 7.21. The van der Waals surface area contributed by atoms with Gasteiger partial charge >= 0.3 is 12.0 Å². The number of carboxylic acid groups (broad SMARTS) is 1. The Labute approximate surface area is 123 Å². The van der Waals surface area contributed by atoms with Gasteiger partial charge in [0.15, 0.2) is 0 Å². The summed E-state index contributed by atoms with van der Waals surface area (Å²) in [5.41, 5.74) is 0.808. The van der Waals surface area contributed by atoms with Gasteiger partial charge in [0.25, 0.3) is 0 Å². The van der Waals surface area contributed by atoms with E-state index in [1.807, 2.05) is 13.1 Å². The summed E-state index contributed by atoms with van der Waals surface area (Å²) in [5, 5.41) is 18.6. The van der Waals surface area contributed by atoms with Crippen LogP contribution < -0.4 is 10.6 Å². The van der Waals surface area contributed by atoms with Crippen molar-refractivity contribution < 1.29 is 14.7 Å². The second-order valence-corrected chi connectivity index (χ2v) is 5.73. The smallest absolute Gasteiger partial charge is 0.314 e. The fraction of sp³-hybridized carbons (Fsp3) is 0.643. The van der Waals surface area contributed by atoms with Crippen molar-refractivity contribution >= 4 is 12.0 Å². The lowest BCUT2D eigenvalue weighted by Gasteiger charge is -2.40. The number of carboxylic acids is 1. The summed E-state index contributed by atoms with van der Waals surface area (Å²) in [5.74, 6) is -0.798. The SMILES string of the molecule is Cn1nccc1CCNC(=O)NCC1(CC(=O)O)CCC1. The van der Waals surface area contributed by atoms with Crippen LogP contribution in [0.25, 0.3) is 0 Å². The second kappa shape index (κ2) is 6.60. The van der Waals surface area contributed by atoms with Gasteiger partial charge in [-0.1, -0.05) is 6.42 Å². The topological polar surface area (TPSA) is 96.3 Å². The normalized spacial score (nSPS) is 16.0. The minimum atomic E-state index is -0.798. The largest absolute Gasteiger partial charge is 0.481 e. The highest BCUT2D eigenvalue weighted by Crippen LogP contribution is 2.43. The highest BCUT2D eigenvalue weighted by atomic mass is 16.4. The van der Waals surface area contributed by atoms with E-state index in [0.717, 1.165) is 25.0 Å². The first-order valence-electron chi connectivity index (χ1n) is 7.21. The molecule has 1 heterocycles. The Morgan fingerprint density at radius 1 is 1.43 bits per heavy atom. The number of urea groups is 1. The van der Waals surface area contributed by atoms with E-state index in [0.29, 0.717) is 19.5 Å². The maximum Gasteiger partial charge on any atom is 0.314 e. The van der Waals surface area contributed by atoms with Crippen LogP contribution in [-0.4, -0.2) is 40.0 Å². The minimum absolute atomic E-state index is 0.127. The van der Waals surface area contributed by atoms with Crippen molar-refractivity contribution in [2.24, 2.45) is 12.5 Å². The molecule has 116 valence electrons. The van der Waals surface area contributed by atoms with Gasteiger partial charge in [-0.15, -0.1) is 0 Å². The first-order chi connectivity index (χ1) is 10.0. The van der Waals surface area contributed by atoms with E-state index in [2.05, 4.69) is 15.7 Å². The lowest BCUT2D eigenvalue weighted by molar-refractivity contribution is -0.141. The van der Waals surface area contributed by atoms with Gasteiger partial charge in [-0.05, 0) is 24.3 Å². The Balaban J connectivity index is 1.67. The van der Waals surface area contributed by atoms with E-state index in [1.165, 1.54) is 0 Å². The molecule has 0 saturated heterocycles. The molecule has 0 unspecified atom stereocenters. The molecule has 0 bridgehead atoms. The molecule has 2 rings (SSSR count). The number of hydrogen-bond acceptors (Lipinski definition) is 3. The number of hydrogen-bond donors (Lipinski definition) is 3. The average Bonchev–Trinajstić information content (AvgIpc) is 2.78. The summed E-state index contributed by atoms with van der Waals surface area (Å²) in [4.78, 5) is 22.6. The van der Waals surface area contributed by atoms with Crippen LogP contribution in [0.15, 0.2) is 12.3 Å². The molecule has 7 heteroatoms. The van der Waals surface area contributed by atoms with Gasteiger partial charge in [0.2, 0.25) is 0 Å². The summed E-state index contributed by atoms with van der Waals surface area (Å²) in [7, 11) is 1.86. The molecule has 1 fully saturated rings. The third-order valence-corrected chi connectivity index (χ3v) is 4.15. The van der Waals surface area contributed by atoms with E-state index >= 15 is 0 Å². The van der Waals surface area contributed by atoms with Crippen molar-refractivity contribution in [3.8, 4) is 0 Å². The van der Waals surface area contributed by atoms with Crippen molar-refractivity contribution in [1.29, 1.82) is 0 Å². The number of carbonyl (C=O) groups excluding carboxylic acids is 1. The van der Waals surface area contributed by atoms with Gasteiger partial charge in [-0.25, -0.2) is 4.79 Å². The number of aromatic nitrogens is 2. The van der Waals surface area contributed by atoms with Gasteiger partial charge in [0.1, 0.15) is 0 Å². The number of nitrogens with zero attached hydrogens (tertiary/aromatic N) is 2. The summed E-state index contributed by atoms with van der Waals surface area (Å²) in [6.07, 6.45) is 5.34. The molecule has 1 aliphatic carbocycles. The third kappa shape index (κ3) is 4.21. The fourth-order valence-electron chi connectivity index (χ4n) is 2.69. The lowest BCUT2D eigenvalue weighted by Crippen LogP contribution is -2.46. The van der Waals surface area contributed by atoms with Gasteiger partial charge in [-0.3, -0.25) is 9.48 Å². The highest BCUT2D eigenvalue weighted by Gasteiger charge is 2.39. The molecule has 1 aromatic rings. The van der Waals surface area contributed by atoms with E-state index in [4.69, 9.17) is 5.11 Å². The Morgan fingerprint density at radius 2 is 2.19 bits per heavy atom. The zero-order chi connectivity index (χ0) is 15.3. The number of rotatable bonds is 7. The zero-order valence-electron chi connectivity index (χ0n) is 12.3. The van der Waals surface area contributed by atoms with E-state index in [-0.39, 0.29) is 17.9 Å². The lowest BCUT2D eigenvalue weighted by atomic mass is 9.66. The van der Waals surface area contributed by atoms with Gasteiger partial charge in [-0.2, -0.15) is 5.10 Å². The molecule has 1 aromatic heterocycles. The minimum Gasteiger partial charge on any atom is -0.481 e. The Bertz CT molecular complexity index is 508. The molecule has 2 amide bonds. The van der Waals surface area contributed by atoms with Crippen molar-refractivity contribution in [2.75, 3.05) is 13.1 Å². The fourth-order valence-corrected chi connectivity index (χ4v) is 2.69. The number of nitrogens with one attached hydrogen (secondary N) is 2. The molecular weight excluding hydrogens is 272 g/mol. The average molecular weight is 294 g/mol. The summed E-state index contributed by atoms with van der Waals surface area (Å²) >= 11 is 0. The standard InChI is InChI=1S/C14H22N4O3/c1-18-11(4-8-17-18)3-7-15-13(21)16-10-14(5-2-6-14)9-12(19)20/h4,8H,2-3,5-7,9-10H2,1H3,(H,19,20)(H2,15,16,21). The van der Waals surface area contributed by atoms with E-state index in [9.17, 15) is 9.59 Å². The Hall–Kier alpha value is -2.05. The quantitative estimate of drug-likeness (QED) is 0.696. The summed E-state index contributed by atoms with van der Waals surface area (Å²) in [6, 6.07) is 1.67. The molecule has 3 N–H and O–H groups in total. The van der Waals surface area contributed by atoms with Crippen LogP contribution in [0.3, 0.4) is 0 Å². The van der Waals surface area contributed by atoms with E-state index in [1.54, 1.807) is 10.9 Å². The molecule has 1 saturated carbocycles.